The van der Waals surface area contributed by atoms with E-state index in [0.717, 1.165) is 16.5 Å². The molecule has 1 rings (SSSR count). The van der Waals surface area contributed by atoms with Crippen molar-refractivity contribution in [1.82, 2.24) is 4.31 Å². The van der Waals surface area contributed by atoms with Gasteiger partial charge in [0.15, 0.2) is 0 Å². The Balaban J connectivity index is 2.35. The third-order valence-electron chi connectivity index (χ3n) is 0.734. The summed E-state index contributed by atoms with van der Waals surface area (Å²) in [5.41, 5.74) is 0. The quantitative estimate of drug-likeness (QED) is 0.389. The normalized spacial score (nSPS) is 19.2. The van der Waals surface area contributed by atoms with Crippen molar-refractivity contribution in [3.63, 3.8) is 0 Å². The van der Waals surface area contributed by atoms with E-state index in [9.17, 15) is 4.79 Å². The van der Waals surface area contributed by atoms with Crippen LogP contribution in [0.25, 0.3) is 0 Å². The lowest BCUT2D eigenvalue weighted by atomic mass is 10.7. The SMILES string of the molecule is O=C(O)N1CCOS1. The predicted molar refractivity (Wildman–Crippen MR) is 28.3 cm³/mol. The summed E-state index contributed by atoms with van der Waals surface area (Å²) in [6.45, 7) is 0.969. The van der Waals surface area contributed by atoms with Gasteiger partial charge in [0.05, 0.1) is 13.2 Å². The summed E-state index contributed by atoms with van der Waals surface area (Å²) >= 11 is 0.884. The summed E-state index contributed by atoms with van der Waals surface area (Å²) in [5, 5.41) is 8.24. The zero-order valence-corrected chi connectivity index (χ0v) is 4.85. The van der Waals surface area contributed by atoms with Gasteiger partial charge in [-0.25, -0.2) is 9.10 Å². The molecular weight excluding hydrogens is 130 g/mol. The first-order valence-corrected chi connectivity index (χ1v) is 2.80. The molecule has 0 unspecified atom stereocenters. The fourth-order valence-corrected chi connectivity index (χ4v) is 0.875. The molecule has 1 aliphatic heterocycles. The van der Waals surface area contributed by atoms with Crippen molar-refractivity contribution in [3.8, 4) is 0 Å². The van der Waals surface area contributed by atoms with Crippen LogP contribution in [0.5, 0.6) is 0 Å². The molecule has 0 aromatic rings. The number of carboxylic acid groups (broad SMARTS) is 1. The fraction of sp³-hybridized carbons (Fsp3) is 0.667. The fourth-order valence-electron chi connectivity index (χ4n) is 0.386. The Morgan fingerprint density at radius 2 is 2.62 bits per heavy atom. The van der Waals surface area contributed by atoms with Crippen LogP contribution in [0.3, 0.4) is 0 Å². The third-order valence-corrected chi connectivity index (χ3v) is 1.52. The summed E-state index contributed by atoms with van der Waals surface area (Å²) < 4.78 is 5.82. The second-order valence-corrected chi connectivity index (χ2v) is 2.11. The van der Waals surface area contributed by atoms with Crippen LogP contribution < -0.4 is 0 Å². The van der Waals surface area contributed by atoms with Crippen LogP contribution in [0.2, 0.25) is 0 Å². The average Bonchev–Trinajstić information content (AvgIpc) is 2.12. The smallest absolute Gasteiger partial charge is 0.419 e. The van der Waals surface area contributed by atoms with Crippen LogP contribution in [0, 0.1) is 0 Å². The van der Waals surface area contributed by atoms with Gasteiger partial charge in [-0.3, -0.25) is 4.18 Å². The van der Waals surface area contributed by atoms with Gasteiger partial charge < -0.3 is 5.11 Å². The van der Waals surface area contributed by atoms with Gasteiger partial charge >= 0.3 is 6.09 Å². The first-order valence-electron chi connectivity index (χ1n) is 2.11. The van der Waals surface area contributed by atoms with Gasteiger partial charge in [-0.15, -0.1) is 0 Å². The molecule has 1 N–H and O–H groups in total. The van der Waals surface area contributed by atoms with Gasteiger partial charge in [-0.1, -0.05) is 0 Å². The molecule has 0 bridgehead atoms. The molecule has 0 radical (unpaired) electrons. The van der Waals surface area contributed by atoms with Gasteiger partial charge in [0.25, 0.3) is 0 Å². The maximum absolute atomic E-state index is 10.0. The third kappa shape index (κ3) is 1.05. The lowest BCUT2D eigenvalue weighted by Crippen LogP contribution is -2.19. The zero-order chi connectivity index (χ0) is 5.98. The number of hydrogen-bond acceptors (Lipinski definition) is 3. The lowest BCUT2D eigenvalue weighted by molar-refractivity contribution is 0.177. The Labute approximate surface area is 50.8 Å². The highest BCUT2D eigenvalue weighted by Crippen LogP contribution is 2.17. The molecule has 0 aliphatic carbocycles. The van der Waals surface area contributed by atoms with E-state index in [1.54, 1.807) is 0 Å². The highest BCUT2D eigenvalue weighted by molar-refractivity contribution is 7.93. The topological polar surface area (TPSA) is 49.8 Å². The molecule has 5 heteroatoms. The van der Waals surface area contributed by atoms with Crippen LogP contribution in [-0.4, -0.2) is 28.7 Å². The van der Waals surface area contributed by atoms with Crippen molar-refractivity contribution < 1.29 is 14.1 Å². The molecule has 0 atom stereocenters. The number of amides is 1. The van der Waals surface area contributed by atoms with Gasteiger partial charge in [-0.05, 0) is 0 Å². The number of carbonyl (C=O) groups is 1. The monoisotopic (exact) mass is 135 g/mol. The maximum atomic E-state index is 10.0. The Morgan fingerprint density at radius 3 is 2.88 bits per heavy atom. The molecule has 1 saturated heterocycles. The molecule has 8 heavy (non-hydrogen) atoms. The summed E-state index contributed by atoms with van der Waals surface area (Å²) in [5.74, 6) is 0. The molecule has 1 aliphatic rings. The largest absolute Gasteiger partial charge is 0.464 e. The second-order valence-electron chi connectivity index (χ2n) is 1.28. The van der Waals surface area contributed by atoms with Crippen molar-refractivity contribution in [2.45, 2.75) is 0 Å². The Kier molecular flexibility index (Phi) is 1.59. The zero-order valence-electron chi connectivity index (χ0n) is 4.03. The van der Waals surface area contributed by atoms with Crippen LogP contribution >= 0.6 is 12.2 Å². The predicted octanol–water partition coefficient (Wildman–Crippen LogP) is 0.560. The van der Waals surface area contributed by atoms with E-state index < -0.39 is 6.09 Å². The van der Waals surface area contributed by atoms with Crippen LogP contribution in [0.4, 0.5) is 4.79 Å². The van der Waals surface area contributed by atoms with E-state index in [1.807, 2.05) is 0 Å². The van der Waals surface area contributed by atoms with E-state index >= 15 is 0 Å². The minimum absolute atomic E-state index is 0.472. The van der Waals surface area contributed by atoms with E-state index in [0.29, 0.717) is 13.2 Å². The average molecular weight is 135 g/mol. The van der Waals surface area contributed by atoms with Crippen molar-refractivity contribution >= 4 is 18.3 Å². The van der Waals surface area contributed by atoms with E-state index in [2.05, 4.69) is 4.18 Å². The molecule has 46 valence electrons. The molecule has 0 aromatic carbocycles. The van der Waals surface area contributed by atoms with E-state index in [4.69, 9.17) is 5.11 Å². The maximum Gasteiger partial charge on any atom is 0.419 e. The van der Waals surface area contributed by atoms with Gasteiger partial charge in [0.1, 0.15) is 12.2 Å². The molecule has 1 amide bonds. The summed E-state index contributed by atoms with van der Waals surface area (Å²) in [6, 6.07) is 0. The first kappa shape index (κ1) is 5.71. The Bertz CT molecular complexity index is 101. The first-order chi connectivity index (χ1) is 3.80. The Hall–Kier alpha value is -0.420. The molecule has 1 fully saturated rings. The second kappa shape index (κ2) is 2.23. The minimum atomic E-state index is -0.938. The standard InChI is InChI=1S/C3H5NO3S/c5-3(6)4-1-2-7-8-4/h1-2H2,(H,5,6). The number of hydrogen-bond donors (Lipinski definition) is 1. The van der Waals surface area contributed by atoms with Crippen molar-refractivity contribution in [2.24, 2.45) is 0 Å². The van der Waals surface area contributed by atoms with Crippen LogP contribution in [-0.2, 0) is 4.18 Å². The van der Waals surface area contributed by atoms with E-state index in [-0.39, 0.29) is 0 Å². The molecule has 0 aromatic heterocycles. The highest BCUT2D eigenvalue weighted by Gasteiger charge is 2.18. The van der Waals surface area contributed by atoms with Crippen molar-refractivity contribution in [2.75, 3.05) is 13.2 Å². The van der Waals surface area contributed by atoms with Crippen molar-refractivity contribution in [1.29, 1.82) is 0 Å². The highest BCUT2D eigenvalue weighted by atomic mass is 32.2. The molecular formula is C3H5NO3S. The summed E-state index contributed by atoms with van der Waals surface area (Å²) in [4.78, 5) is 10.0. The summed E-state index contributed by atoms with van der Waals surface area (Å²) in [7, 11) is 0. The van der Waals surface area contributed by atoms with Gasteiger partial charge in [-0.2, -0.15) is 0 Å². The molecule has 4 nitrogen and oxygen atoms in total. The Morgan fingerprint density at radius 1 is 1.88 bits per heavy atom. The summed E-state index contributed by atoms with van der Waals surface area (Å²) in [6.07, 6.45) is -0.938. The minimum Gasteiger partial charge on any atom is -0.464 e. The molecule has 0 saturated carbocycles. The van der Waals surface area contributed by atoms with Gasteiger partial charge in [0.2, 0.25) is 0 Å². The number of rotatable bonds is 0. The van der Waals surface area contributed by atoms with Crippen molar-refractivity contribution in [3.05, 3.63) is 0 Å². The van der Waals surface area contributed by atoms with Crippen LogP contribution in [0.15, 0.2) is 0 Å². The molecule has 1 heterocycles. The van der Waals surface area contributed by atoms with Gasteiger partial charge in [0, 0.05) is 0 Å². The van der Waals surface area contributed by atoms with E-state index in [1.165, 1.54) is 0 Å². The lowest BCUT2D eigenvalue weighted by Gasteiger charge is -2.02. The molecule has 0 spiro atoms. The number of nitrogens with zero attached hydrogens (tertiary/aromatic N) is 1. The van der Waals surface area contributed by atoms with Crippen LogP contribution in [0.1, 0.15) is 0 Å².